The number of rotatable bonds is 4. The van der Waals surface area contributed by atoms with Gasteiger partial charge < -0.3 is 15.2 Å². The molecule has 4 nitrogen and oxygen atoms in total. The van der Waals surface area contributed by atoms with E-state index < -0.39 is 5.60 Å². The largest absolute Gasteiger partial charge is 0.444 e. The van der Waals surface area contributed by atoms with E-state index in [-0.39, 0.29) is 18.7 Å². The first-order chi connectivity index (χ1) is 8.40. The maximum absolute atomic E-state index is 11.6. The minimum absolute atomic E-state index is 0.255. The minimum Gasteiger partial charge on any atom is -0.444 e. The molecule has 2 N–H and O–H groups in total. The summed E-state index contributed by atoms with van der Waals surface area (Å²) in [5.41, 5.74) is -0.428. The highest BCUT2D eigenvalue weighted by Gasteiger charge is 2.24. The topological polar surface area (TPSA) is 58.6 Å². The summed E-state index contributed by atoms with van der Waals surface area (Å²) < 4.78 is 5.25. The molecule has 1 fully saturated rings. The van der Waals surface area contributed by atoms with Gasteiger partial charge in [0.1, 0.15) is 5.60 Å². The van der Waals surface area contributed by atoms with E-state index in [2.05, 4.69) is 5.32 Å². The Morgan fingerprint density at radius 2 is 1.89 bits per heavy atom. The van der Waals surface area contributed by atoms with Crippen LogP contribution in [-0.4, -0.2) is 29.4 Å². The van der Waals surface area contributed by atoms with Crippen molar-refractivity contribution in [2.45, 2.75) is 70.9 Å². The molecule has 0 saturated heterocycles. The monoisotopic (exact) mass is 257 g/mol. The molecule has 0 aromatic rings. The van der Waals surface area contributed by atoms with Gasteiger partial charge in [-0.05, 0) is 65.2 Å². The van der Waals surface area contributed by atoms with Gasteiger partial charge in [-0.2, -0.15) is 0 Å². The average Bonchev–Trinajstić information content (AvgIpc) is 2.25. The molecular formula is C14H27NO3. The van der Waals surface area contributed by atoms with Crippen LogP contribution in [-0.2, 0) is 4.74 Å². The van der Waals surface area contributed by atoms with Crippen LogP contribution in [0.15, 0.2) is 0 Å². The second kappa shape index (κ2) is 6.98. The fourth-order valence-corrected chi connectivity index (χ4v) is 2.45. The molecule has 0 radical (unpaired) electrons. The zero-order valence-corrected chi connectivity index (χ0v) is 11.9. The van der Waals surface area contributed by atoms with Gasteiger partial charge in [-0.1, -0.05) is 0 Å². The highest BCUT2D eigenvalue weighted by molar-refractivity contribution is 5.68. The van der Waals surface area contributed by atoms with Gasteiger partial charge in [-0.15, -0.1) is 0 Å². The summed E-state index contributed by atoms with van der Waals surface area (Å²) in [6.07, 6.45) is 6.03. The maximum atomic E-state index is 11.6. The van der Waals surface area contributed by atoms with Crippen molar-refractivity contribution in [3.8, 4) is 0 Å². The lowest BCUT2D eigenvalue weighted by molar-refractivity contribution is 0.0486. The molecule has 0 heterocycles. The Hall–Kier alpha value is -0.770. The number of aliphatic hydroxyl groups is 1. The Bertz CT molecular complexity index is 252. The lowest BCUT2D eigenvalue weighted by atomic mass is 9.83. The predicted octanol–water partition coefficient (Wildman–Crippen LogP) is 2.84. The van der Waals surface area contributed by atoms with Gasteiger partial charge in [0.15, 0.2) is 0 Å². The molecule has 0 atom stereocenters. The Morgan fingerprint density at radius 1 is 1.28 bits per heavy atom. The van der Waals surface area contributed by atoms with Crippen LogP contribution in [0.1, 0.15) is 59.3 Å². The number of ether oxygens (including phenoxy) is 1. The number of carbonyl (C=O) groups is 1. The molecule has 0 aromatic carbocycles. The van der Waals surface area contributed by atoms with E-state index in [1.54, 1.807) is 0 Å². The highest BCUT2D eigenvalue weighted by atomic mass is 16.6. The third-order valence-electron chi connectivity index (χ3n) is 3.34. The third kappa shape index (κ3) is 6.24. The van der Waals surface area contributed by atoms with Crippen molar-refractivity contribution in [1.29, 1.82) is 0 Å². The van der Waals surface area contributed by atoms with E-state index in [1.807, 2.05) is 20.8 Å². The van der Waals surface area contributed by atoms with Gasteiger partial charge in [-0.25, -0.2) is 4.79 Å². The molecule has 1 amide bonds. The molecule has 0 bridgehead atoms. The van der Waals surface area contributed by atoms with E-state index >= 15 is 0 Å². The first kappa shape index (κ1) is 15.3. The highest BCUT2D eigenvalue weighted by Crippen LogP contribution is 2.27. The molecule has 1 aliphatic carbocycles. The summed E-state index contributed by atoms with van der Waals surface area (Å²) in [7, 11) is 0. The lowest BCUT2D eigenvalue weighted by Gasteiger charge is -2.30. The third-order valence-corrected chi connectivity index (χ3v) is 3.34. The molecule has 1 rings (SSSR count). The number of hydrogen-bond donors (Lipinski definition) is 2. The summed E-state index contributed by atoms with van der Waals surface area (Å²) in [5.74, 6) is 0.717. The van der Waals surface area contributed by atoms with Crippen molar-refractivity contribution in [2.24, 2.45) is 5.92 Å². The maximum Gasteiger partial charge on any atom is 0.407 e. The summed E-state index contributed by atoms with van der Waals surface area (Å²) in [4.78, 5) is 11.6. The van der Waals surface area contributed by atoms with Crippen LogP contribution >= 0.6 is 0 Å². The SMILES string of the molecule is CC(C)(C)OC(=O)N[C@H]1CC[C@H](CCCO)CC1. The summed E-state index contributed by atoms with van der Waals surface area (Å²) in [6, 6.07) is 0.255. The number of carbonyl (C=O) groups excluding carboxylic acids is 1. The molecule has 4 heteroatoms. The first-order valence-electron chi connectivity index (χ1n) is 7.01. The Balaban J connectivity index is 2.21. The normalized spacial score (nSPS) is 24.7. The summed E-state index contributed by atoms with van der Waals surface area (Å²) in [5, 5.41) is 11.7. The number of aliphatic hydroxyl groups excluding tert-OH is 1. The van der Waals surface area contributed by atoms with E-state index in [4.69, 9.17) is 9.84 Å². The number of amides is 1. The van der Waals surface area contributed by atoms with E-state index in [0.717, 1.165) is 38.5 Å². The second-order valence-corrected chi connectivity index (χ2v) is 6.23. The molecule has 18 heavy (non-hydrogen) atoms. The predicted molar refractivity (Wildman–Crippen MR) is 71.4 cm³/mol. The van der Waals surface area contributed by atoms with Crippen LogP contribution in [0.4, 0.5) is 4.79 Å². The van der Waals surface area contributed by atoms with Gasteiger partial charge in [0.25, 0.3) is 0 Å². The Kier molecular flexibility index (Phi) is 5.93. The van der Waals surface area contributed by atoms with Crippen LogP contribution in [0.5, 0.6) is 0 Å². The standard InChI is InChI=1S/C14H27NO3/c1-14(2,3)18-13(17)15-12-8-6-11(7-9-12)5-4-10-16/h11-12,16H,4-10H2,1-3H3,(H,15,17)/t11-,12-. The average molecular weight is 257 g/mol. The minimum atomic E-state index is -0.428. The van der Waals surface area contributed by atoms with Gasteiger partial charge >= 0.3 is 6.09 Å². The van der Waals surface area contributed by atoms with Crippen LogP contribution < -0.4 is 5.32 Å². The van der Waals surface area contributed by atoms with Crippen LogP contribution in [0.2, 0.25) is 0 Å². The van der Waals surface area contributed by atoms with Crippen molar-refractivity contribution in [1.82, 2.24) is 5.32 Å². The molecular weight excluding hydrogens is 230 g/mol. The molecule has 0 aromatic heterocycles. The van der Waals surface area contributed by atoms with E-state index in [9.17, 15) is 4.79 Å². The Morgan fingerprint density at radius 3 is 2.39 bits per heavy atom. The zero-order valence-electron chi connectivity index (χ0n) is 11.9. The molecule has 0 spiro atoms. The lowest BCUT2D eigenvalue weighted by Crippen LogP contribution is -2.40. The summed E-state index contributed by atoms with van der Waals surface area (Å²) in [6.45, 7) is 5.91. The van der Waals surface area contributed by atoms with Crippen molar-refractivity contribution in [2.75, 3.05) is 6.61 Å². The number of nitrogens with one attached hydrogen (secondary N) is 1. The van der Waals surface area contributed by atoms with Crippen molar-refractivity contribution < 1.29 is 14.6 Å². The summed E-state index contributed by atoms with van der Waals surface area (Å²) >= 11 is 0. The molecule has 0 unspecified atom stereocenters. The smallest absolute Gasteiger partial charge is 0.407 e. The number of alkyl carbamates (subject to hydrolysis) is 1. The van der Waals surface area contributed by atoms with Gasteiger partial charge in [0.05, 0.1) is 0 Å². The number of hydrogen-bond acceptors (Lipinski definition) is 3. The van der Waals surface area contributed by atoms with Crippen LogP contribution in [0.25, 0.3) is 0 Å². The Labute approximate surface area is 110 Å². The zero-order chi connectivity index (χ0) is 13.6. The first-order valence-corrected chi connectivity index (χ1v) is 7.01. The fraction of sp³-hybridized carbons (Fsp3) is 0.929. The van der Waals surface area contributed by atoms with Crippen LogP contribution in [0.3, 0.4) is 0 Å². The van der Waals surface area contributed by atoms with Crippen molar-refractivity contribution >= 4 is 6.09 Å². The van der Waals surface area contributed by atoms with Crippen molar-refractivity contribution in [3.05, 3.63) is 0 Å². The molecule has 1 aliphatic rings. The molecule has 0 aliphatic heterocycles. The quantitative estimate of drug-likeness (QED) is 0.814. The van der Waals surface area contributed by atoms with E-state index in [0.29, 0.717) is 5.92 Å². The second-order valence-electron chi connectivity index (χ2n) is 6.23. The van der Waals surface area contributed by atoms with Gasteiger partial charge in [0.2, 0.25) is 0 Å². The van der Waals surface area contributed by atoms with Gasteiger partial charge in [0, 0.05) is 12.6 Å². The van der Waals surface area contributed by atoms with E-state index in [1.165, 1.54) is 0 Å². The van der Waals surface area contributed by atoms with Crippen molar-refractivity contribution in [3.63, 3.8) is 0 Å². The van der Waals surface area contributed by atoms with Gasteiger partial charge in [-0.3, -0.25) is 0 Å². The molecule has 106 valence electrons. The fourth-order valence-electron chi connectivity index (χ4n) is 2.45. The van der Waals surface area contributed by atoms with Crippen LogP contribution in [0, 0.1) is 5.92 Å². The molecule has 1 saturated carbocycles.